The topological polar surface area (TPSA) is 82.8 Å². The van der Waals surface area contributed by atoms with Crippen LogP contribution in [0.15, 0.2) is 18.2 Å². The van der Waals surface area contributed by atoms with Gasteiger partial charge in [0.25, 0.3) is 0 Å². The lowest BCUT2D eigenvalue weighted by atomic mass is 9.65. The normalized spacial score (nSPS) is 28.8. The number of fused-ring (bicyclic) bond motifs is 3. The number of halogens is 1. The van der Waals surface area contributed by atoms with Crippen molar-refractivity contribution in [3.8, 4) is 17.2 Å². The molecule has 7 heteroatoms. The Morgan fingerprint density at radius 1 is 1.19 bits per heavy atom. The van der Waals surface area contributed by atoms with Gasteiger partial charge in [-0.15, -0.1) is 12.4 Å². The number of carbonyl (C=O) groups is 1. The van der Waals surface area contributed by atoms with Crippen molar-refractivity contribution in [2.45, 2.75) is 38.1 Å². The molecule has 2 aliphatic carbocycles. The summed E-state index contributed by atoms with van der Waals surface area (Å²) < 4.78 is 16.3. The smallest absolute Gasteiger partial charge is 0.231 e. The fourth-order valence-corrected chi connectivity index (χ4v) is 4.46. The van der Waals surface area contributed by atoms with Crippen LogP contribution in [0.3, 0.4) is 0 Å². The number of rotatable bonds is 5. The van der Waals surface area contributed by atoms with Gasteiger partial charge < -0.3 is 25.3 Å². The first-order valence-electron chi connectivity index (χ1n) is 9.26. The maximum Gasteiger partial charge on any atom is 0.231 e. The number of hydrogen-bond donors (Lipinski definition) is 2. The van der Waals surface area contributed by atoms with Crippen LogP contribution in [-0.2, 0) is 4.79 Å². The lowest BCUT2D eigenvalue weighted by molar-refractivity contribution is -0.128. The zero-order chi connectivity index (χ0) is 17.2. The van der Waals surface area contributed by atoms with Gasteiger partial charge in [0.05, 0.1) is 6.54 Å². The van der Waals surface area contributed by atoms with Gasteiger partial charge in [-0.1, -0.05) is 6.42 Å². The van der Waals surface area contributed by atoms with Crippen LogP contribution in [0.4, 0.5) is 0 Å². The first-order chi connectivity index (χ1) is 12.2. The predicted octanol–water partition coefficient (Wildman–Crippen LogP) is 2.49. The quantitative estimate of drug-likeness (QED) is 0.764. The van der Waals surface area contributed by atoms with Crippen molar-refractivity contribution in [2.24, 2.45) is 23.5 Å². The van der Waals surface area contributed by atoms with E-state index in [4.69, 9.17) is 19.9 Å². The zero-order valence-electron chi connectivity index (χ0n) is 14.8. The summed E-state index contributed by atoms with van der Waals surface area (Å²) in [6.45, 7) is 1.19. The minimum Gasteiger partial charge on any atom is -0.492 e. The van der Waals surface area contributed by atoms with E-state index in [9.17, 15) is 4.79 Å². The highest BCUT2D eigenvalue weighted by Crippen LogP contribution is 2.41. The summed E-state index contributed by atoms with van der Waals surface area (Å²) in [5.74, 6) is 3.46. The Morgan fingerprint density at radius 3 is 2.69 bits per heavy atom. The minimum absolute atomic E-state index is 0. The van der Waals surface area contributed by atoms with E-state index in [0.717, 1.165) is 24.3 Å². The van der Waals surface area contributed by atoms with Crippen molar-refractivity contribution < 1.29 is 19.0 Å². The molecule has 0 spiro atoms. The van der Waals surface area contributed by atoms with Crippen molar-refractivity contribution >= 4 is 18.3 Å². The van der Waals surface area contributed by atoms with Crippen LogP contribution in [0.5, 0.6) is 17.2 Å². The summed E-state index contributed by atoms with van der Waals surface area (Å²) in [5.41, 5.74) is 6.30. The first kappa shape index (κ1) is 19.1. The van der Waals surface area contributed by atoms with E-state index >= 15 is 0 Å². The van der Waals surface area contributed by atoms with E-state index in [1.807, 2.05) is 18.2 Å². The van der Waals surface area contributed by atoms with Crippen LogP contribution >= 0.6 is 12.4 Å². The molecule has 1 aliphatic heterocycles. The van der Waals surface area contributed by atoms with Crippen LogP contribution < -0.4 is 25.3 Å². The second-order valence-electron chi connectivity index (χ2n) is 7.35. The molecule has 2 fully saturated rings. The fourth-order valence-electron chi connectivity index (χ4n) is 4.46. The van der Waals surface area contributed by atoms with E-state index in [1.54, 1.807) is 0 Å². The third-order valence-corrected chi connectivity index (χ3v) is 5.80. The largest absolute Gasteiger partial charge is 0.492 e. The van der Waals surface area contributed by atoms with E-state index in [1.165, 1.54) is 19.3 Å². The maximum atomic E-state index is 12.5. The van der Waals surface area contributed by atoms with Gasteiger partial charge in [0, 0.05) is 18.0 Å². The first-order valence-corrected chi connectivity index (χ1v) is 9.26. The molecule has 1 aromatic carbocycles. The molecule has 2 unspecified atom stereocenters. The second-order valence-corrected chi connectivity index (χ2v) is 7.35. The van der Waals surface area contributed by atoms with Gasteiger partial charge in [-0.25, -0.2) is 0 Å². The van der Waals surface area contributed by atoms with E-state index < -0.39 is 0 Å². The molecule has 2 saturated carbocycles. The summed E-state index contributed by atoms with van der Waals surface area (Å²) in [7, 11) is 0. The number of carbonyl (C=O) groups excluding carboxylic acids is 1. The van der Waals surface area contributed by atoms with Gasteiger partial charge in [-0.3, -0.25) is 4.79 Å². The Labute approximate surface area is 160 Å². The highest BCUT2D eigenvalue weighted by Gasteiger charge is 2.40. The zero-order valence-corrected chi connectivity index (χ0v) is 15.6. The van der Waals surface area contributed by atoms with E-state index in [2.05, 4.69) is 5.32 Å². The Morgan fingerprint density at radius 2 is 1.92 bits per heavy atom. The van der Waals surface area contributed by atoms with Gasteiger partial charge >= 0.3 is 0 Å². The van der Waals surface area contributed by atoms with Gasteiger partial charge in [0.2, 0.25) is 12.7 Å². The number of nitrogens with one attached hydrogen (secondary N) is 1. The molecule has 0 radical (unpaired) electrons. The molecular weight excluding hydrogens is 356 g/mol. The molecule has 1 amide bonds. The highest BCUT2D eigenvalue weighted by molar-refractivity contribution is 5.85. The summed E-state index contributed by atoms with van der Waals surface area (Å²) in [5, 5.41) is 3.02. The standard InChI is InChI=1S/C19H26N2O4.ClH/c20-18-12-2-1-3-13(18)9-14(8-12)19(22)21-6-7-23-15-4-5-16-17(10-15)25-11-24-16;/h4-5,10,12-14,18H,1-3,6-9,11,20H2,(H,21,22);1H. The Balaban J connectivity index is 0.00000196. The average Bonchev–Trinajstić information content (AvgIpc) is 3.06. The lowest BCUT2D eigenvalue weighted by Crippen LogP contribution is -2.49. The molecule has 3 aliphatic rings. The predicted molar refractivity (Wildman–Crippen MR) is 99.8 cm³/mol. The molecule has 2 atom stereocenters. The van der Waals surface area contributed by atoms with Crippen molar-refractivity contribution in [2.75, 3.05) is 19.9 Å². The lowest BCUT2D eigenvalue weighted by Gasteiger charge is -2.43. The van der Waals surface area contributed by atoms with E-state index in [0.29, 0.717) is 36.8 Å². The number of hydrogen-bond acceptors (Lipinski definition) is 5. The third kappa shape index (κ3) is 4.01. The van der Waals surface area contributed by atoms with Gasteiger partial charge in [-0.2, -0.15) is 0 Å². The monoisotopic (exact) mass is 382 g/mol. The van der Waals surface area contributed by atoms with Crippen LogP contribution in [0, 0.1) is 17.8 Å². The van der Waals surface area contributed by atoms with Gasteiger partial charge in [-0.05, 0) is 49.7 Å². The summed E-state index contributed by atoms with van der Waals surface area (Å²) in [4.78, 5) is 12.5. The Kier molecular flexibility index (Phi) is 6.14. The molecule has 0 saturated heterocycles. The van der Waals surface area contributed by atoms with Crippen LogP contribution in [0.25, 0.3) is 0 Å². The maximum absolute atomic E-state index is 12.5. The average molecular weight is 383 g/mol. The number of benzene rings is 1. The van der Waals surface area contributed by atoms with Crippen LogP contribution in [0.2, 0.25) is 0 Å². The van der Waals surface area contributed by atoms with Crippen molar-refractivity contribution in [3.63, 3.8) is 0 Å². The van der Waals surface area contributed by atoms with Gasteiger partial charge in [0.1, 0.15) is 12.4 Å². The van der Waals surface area contributed by atoms with Crippen molar-refractivity contribution in [1.82, 2.24) is 5.32 Å². The van der Waals surface area contributed by atoms with Crippen molar-refractivity contribution in [3.05, 3.63) is 18.2 Å². The number of amides is 1. The molecule has 1 heterocycles. The van der Waals surface area contributed by atoms with E-state index in [-0.39, 0.29) is 31.0 Å². The molecule has 2 bridgehead atoms. The summed E-state index contributed by atoms with van der Waals surface area (Å²) in [6.07, 6.45) is 5.49. The molecule has 6 nitrogen and oxygen atoms in total. The Bertz CT molecular complexity index is 628. The number of ether oxygens (including phenoxy) is 3. The highest BCUT2D eigenvalue weighted by atomic mass is 35.5. The molecule has 4 rings (SSSR count). The summed E-state index contributed by atoms with van der Waals surface area (Å²) >= 11 is 0. The molecule has 1 aromatic rings. The fraction of sp³-hybridized carbons (Fsp3) is 0.632. The molecule has 26 heavy (non-hydrogen) atoms. The molecule has 3 N–H and O–H groups in total. The van der Waals surface area contributed by atoms with Crippen LogP contribution in [0.1, 0.15) is 32.1 Å². The molecular formula is C19H27ClN2O4. The van der Waals surface area contributed by atoms with Crippen LogP contribution in [-0.4, -0.2) is 31.9 Å². The van der Waals surface area contributed by atoms with Gasteiger partial charge in [0.15, 0.2) is 11.5 Å². The summed E-state index contributed by atoms with van der Waals surface area (Å²) in [6, 6.07) is 5.79. The minimum atomic E-state index is 0. The Hall–Kier alpha value is -1.66. The number of nitrogens with two attached hydrogens (primary N) is 1. The second kappa shape index (κ2) is 8.35. The SMILES string of the molecule is Cl.NC1C2CCCC1CC(C(=O)NCCOc1ccc3c(c1)OCO3)C2. The third-order valence-electron chi connectivity index (χ3n) is 5.80. The molecule has 144 valence electrons. The van der Waals surface area contributed by atoms with Crippen molar-refractivity contribution in [1.29, 1.82) is 0 Å². The molecule has 0 aromatic heterocycles.